The summed E-state index contributed by atoms with van der Waals surface area (Å²) in [5.41, 5.74) is 2.15. The van der Waals surface area contributed by atoms with Crippen LogP contribution in [0, 0.1) is 13.8 Å². The lowest BCUT2D eigenvalue weighted by molar-refractivity contribution is -0.130. The first kappa shape index (κ1) is 22.8. The van der Waals surface area contributed by atoms with E-state index in [4.69, 9.17) is 9.15 Å². The van der Waals surface area contributed by atoms with Gasteiger partial charge >= 0.3 is 6.09 Å². The number of oxazole rings is 1. The maximum atomic E-state index is 12.6. The van der Waals surface area contributed by atoms with E-state index in [9.17, 15) is 18.0 Å². The van der Waals surface area contributed by atoms with Crippen molar-refractivity contribution in [2.24, 2.45) is 0 Å². The Morgan fingerprint density at radius 1 is 1.06 bits per heavy atom. The third-order valence-electron chi connectivity index (χ3n) is 5.05. The van der Waals surface area contributed by atoms with Gasteiger partial charge in [-0.25, -0.2) is 18.2 Å². The Hall–Kier alpha value is -2.88. The molecule has 1 fully saturated rings. The molecule has 0 atom stereocenters. The molecule has 0 aliphatic carbocycles. The average molecular weight is 450 g/mol. The van der Waals surface area contributed by atoms with Crippen LogP contribution in [0.2, 0.25) is 0 Å². The van der Waals surface area contributed by atoms with Crippen LogP contribution in [0.25, 0.3) is 11.5 Å². The number of piperazine rings is 1. The molecule has 168 valence electrons. The summed E-state index contributed by atoms with van der Waals surface area (Å²) in [6, 6.07) is 7.56. The fourth-order valence-corrected chi connectivity index (χ4v) is 4.62. The van der Waals surface area contributed by atoms with Crippen molar-refractivity contribution < 1.29 is 27.2 Å². The van der Waals surface area contributed by atoms with Crippen LogP contribution < -0.4 is 0 Å². The number of aromatic nitrogens is 1. The first-order valence-electron chi connectivity index (χ1n) is 10.1. The minimum Gasteiger partial charge on any atom is -0.450 e. The minimum absolute atomic E-state index is 0.272. The molecule has 1 aromatic carbocycles. The predicted molar refractivity (Wildman–Crippen MR) is 114 cm³/mol. The second-order valence-corrected chi connectivity index (χ2v) is 9.55. The largest absolute Gasteiger partial charge is 0.450 e. The van der Waals surface area contributed by atoms with Crippen molar-refractivity contribution >= 4 is 21.8 Å². The van der Waals surface area contributed by atoms with Gasteiger partial charge in [0, 0.05) is 31.7 Å². The van der Waals surface area contributed by atoms with Gasteiger partial charge in [0.05, 0.1) is 18.1 Å². The normalized spacial score (nSPS) is 14.5. The van der Waals surface area contributed by atoms with E-state index in [0.717, 1.165) is 11.1 Å². The lowest BCUT2D eigenvalue weighted by Crippen LogP contribution is -2.51. The molecular weight excluding hydrogens is 422 g/mol. The van der Waals surface area contributed by atoms with E-state index < -0.39 is 27.6 Å². The number of benzene rings is 1. The molecule has 2 heterocycles. The molecule has 1 aromatic heterocycles. The van der Waals surface area contributed by atoms with Crippen LogP contribution in [0.4, 0.5) is 4.79 Å². The lowest BCUT2D eigenvalue weighted by atomic mass is 10.1. The molecule has 31 heavy (non-hydrogen) atoms. The second-order valence-electron chi connectivity index (χ2n) is 7.49. The number of amides is 2. The summed E-state index contributed by atoms with van der Waals surface area (Å²) in [5.74, 6) is -0.705. The van der Waals surface area contributed by atoms with Crippen molar-refractivity contribution in [3.63, 3.8) is 0 Å². The molecule has 9 nitrogen and oxygen atoms in total. The van der Waals surface area contributed by atoms with E-state index in [0.29, 0.717) is 30.4 Å². The van der Waals surface area contributed by atoms with Gasteiger partial charge < -0.3 is 19.0 Å². The zero-order chi connectivity index (χ0) is 22.6. The van der Waals surface area contributed by atoms with E-state index in [1.807, 2.05) is 31.2 Å². The Balaban J connectivity index is 1.60. The number of nitrogens with zero attached hydrogens (tertiary/aromatic N) is 3. The molecule has 0 unspecified atom stereocenters. The third kappa shape index (κ3) is 5.84. The smallest absolute Gasteiger partial charge is 0.409 e. The minimum atomic E-state index is -3.74. The van der Waals surface area contributed by atoms with Gasteiger partial charge in [0.15, 0.2) is 9.84 Å². The maximum Gasteiger partial charge on any atom is 0.409 e. The summed E-state index contributed by atoms with van der Waals surface area (Å²) in [4.78, 5) is 31.6. The van der Waals surface area contributed by atoms with Crippen molar-refractivity contribution in [3.8, 4) is 11.5 Å². The molecule has 0 saturated carbocycles. The highest BCUT2D eigenvalue weighted by atomic mass is 32.2. The first-order chi connectivity index (χ1) is 14.7. The number of hydrogen-bond acceptors (Lipinski definition) is 7. The molecule has 2 amide bonds. The highest BCUT2D eigenvalue weighted by Gasteiger charge is 2.29. The first-order valence-corrected chi connectivity index (χ1v) is 11.9. The van der Waals surface area contributed by atoms with Gasteiger partial charge in [-0.15, -0.1) is 0 Å². The molecule has 10 heteroatoms. The molecule has 1 saturated heterocycles. The number of carbonyl (C=O) groups excluding carboxylic acids is 2. The summed E-state index contributed by atoms with van der Waals surface area (Å²) in [5, 5.41) is 0. The number of carbonyl (C=O) groups is 2. The second kappa shape index (κ2) is 9.51. The standard InChI is InChI=1S/C21H27N3O6S/c1-4-29-21(26)24-11-9-23(10-12-24)19(25)14-31(27,28)13-18-16(3)30-20(22-18)17-7-5-15(2)6-8-17/h5-8H,4,9-14H2,1-3H3. The Morgan fingerprint density at radius 3 is 2.29 bits per heavy atom. The number of aryl methyl sites for hydroxylation is 2. The Kier molecular flexibility index (Phi) is 6.99. The van der Waals surface area contributed by atoms with Gasteiger partial charge in [-0.3, -0.25) is 4.79 Å². The molecule has 3 rings (SSSR count). The van der Waals surface area contributed by atoms with Crippen molar-refractivity contribution in [3.05, 3.63) is 41.3 Å². The lowest BCUT2D eigenvalue weighted by Gasteiger charge is -2.34. The SMILES string of the molecule is CCOC(=O)N1CCN(C(=O)CS(=O)(=O)Cc2nc(-c3ccc(C)cc3)oc2C)CC1. The Morgan fingerprint density at radius 2 is 1.68 bits per heavy atom. The van der Waals surface area contributed by atoms with Gasteiger partial charge in [-0.1, -0.05) is 17.7 Å². The summed E-state index contributed by atoms with van der Waals surface area (Å²) < 4.78 is 35.9. The van der Waals surface area contributed by atoms with Crippen LogP contribution in [0.1, 0.15) is 23.9 Å². The fourth-order valence-electron chi connectivity index (χ4n) is 3.27. The highest BCUT2D eigenvalue weighted by molar-refractivity contribution is 7.91. The molecule has 0 spiro atoms. The van der Waals surface area contributed by atoms with Crippen LogP contribution in [0.3, 0.4) is 0 Å². The van der Waals surface area contributed by atoms with E-state index in [1.54, 1.807) is 13.8 Å². The summed E-state index contributed by atoms with van der Waals surface area (Å²) in [6.45, 7) is 6.80. The molecular formula is C21H27N3O6S. The highest BCUT2D eigenvalue weighted by Crippen LogP contribution is 2.23. The van der Waals surface area contributed by atoms with Gasteiger partial charge in [-0.2, -0.15) is 0 Å². The van der Waals surface area contributed by atoms with E-state index in [1.165, 1.54) is 9.80 Å². The van der Waals surface area contributed by atoms with Crippen molar-refractivity contribution in [1.82, 2.24) is 14.8 Å². The van der Waals surface area contributed by atoms with Gasteiger partial charge in [0.2, 0.25) is 11.8 Å². The van der Waals surface area contributed by atoms with Crippen LogP contribution in [-0.2, 0) is 25.1 Å². The van der Waals surface area contributed by atoms with E-state index in [-0.39, 0.29) is 25.4 Å². The van der Waals surface area contributed by atoms with Crippen LogP contribution in [0.15, 0.2) is 28.7 Å². The molecule has 2 aromatic rings. The molecule has 1 aliphatic heterocycles. The topological polar surface area (TPSA) is 110 Å². The van der Waals surface area contributed by atoms with Crippen molar-refractivity contribution in [2.45, 2.75) is 26.5 Å². The van der Waals surface area contributed by atoms with Gasteiger partial charge in [0.1, 0.15) is 11.5 Å². The molecule has 0 bridgehead atoms. The number of sulfone groups is 1. The van der Waals surface area contributed by atoms with E-state index >= 15 is 0 Å². The Bertz CT molecular complexity index is 1040. The zero-order valence-corrected chi connectivity index (χ0v) is 18.8. The fraction of sp³-hybridized carbons (Fsp3) is 0.476. The monoisotopic (exact) mass is 449 g/mol. The van der Waals surface area contributed by atoms with E-state index in [2.05, 4.69) is 4.98 Å². The number of ether oxygens (including phenoxy) is 1. The quantitative estimate of drug-likeness (QED) is 0.665. The summed E-state index contributed by atoms with van der Waals surface area (Å²) >= 11 is 0. The number of hydrogen-bond donors (Lipinski definition) is 0. The van der Waals surface area contributed by atoms with Crippen LogP contribution in [0.5, 0.6) is 0 Å². The van der Waals surface area contributed by atoms with Gasteiger partial charge in [-0.05, 0) is 32.9 Å². The molecule has 1 aliphatic rings. The molecule has 0 N–H and O–H groups in total. The number of rotatable bonds is 6. The predicted octanol–water partition coefficient (Wildman–Crippen LogP) is 2.17. The maximum absolute atomic E-state index is 12.6. The van der Waals surface area contributed by atoms with Crippen molar-refractivity contribution in [2.75, 3.05) is 38.5 Å². The summed E-state index contributed by atoms with van der Waals surface area (Å²) in [6.07, 6.45) is -0.423. The third-order valence-corrected chi connectivity index (χ3v) is 6.45. The van der Waals surface area contributed by atoms with Crippen LogP contribution >= 0.6 is 0 Å². The average Bonchev–Trinajstić information content (AvgIpc) is 3.08. The van der Waals surface area contributed by atoms with Crippen LogP contribution in [-0.4, -0.2) is 73.7 Å². The summed E-state index contributed by atoms with van der Waals surface area (Å²) in [7, 11) is -3.74. The van der Waals surface area contributed by atoms with Gasteiger partial charge in [0.25, 0.3) is 0 Å². The van der Waals surface area contributed by atoms with Crippen molar-refractivity contribution in [1.29, 1.82) is 0 Å². The molecule has 0 radical (unpaired) electrons. The zero-order valence-electron chi connectivity index (χ0n) is 18.0. The Labute approximate surface area is 181 Å².